The first kappa shape index (κ1) is 14.3. The molecule has 1 atom stereocenters. The van der Waals surface area contributed by atoms with Crippen molar-refractivity contribution in [3.8, 4) is 0 Å². The van der Waals surface area contributed by atoms with Crippen molar-refractivity contribution in [3.63, 3.8) is 0 Å². The van der Waals surface area contributed by atoms with Gasteiger partial charge >= 0.3 is 5.76 Å². The van der Waals surface area contributed by atoms with Crippen LogP contribution >= 0.6 is 0 Å². The highest BCUT2D eigenvalue weighted by atomic mass is 16.5. The van der Waals surface area contributed by atoms with Crippen molar-refractivity contribution in [2.45, 2.75) is 19.5 Å². The number of morpholine rings is 1. The minimum absolute atomic E-state index is 0.0679. The van der Waals surface area contributed by atoms with Crippen molar-refractivity contribution < 1.29 is 13.6 Å². The quantitative estimate of drug-likeness (QED) is 0.804. The van der Waals surface area contributed by atoms with Gasteiger partial charge in [-0.2, -0.15) is 0 Å². The van der Waals surface area contributed by atoms with Crippen LogP contribution in [0.25, 0.3) is 11.1 Å². The molecule has 1 unspecified atom stereocenters. The summed E-state index contributed by atoms with van der Waals surface area (Å²) in [7, 11) is 0. The highest BCUT2D eigenvalue weighted by molar-refractivity contribution is 5.75. The number of para-hydroxylation sites is 1. The Balaban J connectivity index is 1.66. The molecular weight excluding hydrogens is 296 g/mol. The molecule has 2 aromatic heterocycles. The Morgan fingerprint density at radius 2 is 2.17 bits per heavy atom. The van der Waals surface area contributed by atoms with E-state index < -0.39 is 5.76 Å². The molecule has 0 aliphatic carbocycles. The Kier molecular flexibility index (Phi) is 3.55. The molecule has 0 radical (unpaired) electrons. The van der Waals surface area contributed by atoms with Gasteiger partial charge in [-0.05, 0) is 25.1 Å². The van der Waals surface area contributed by atoms with E-state index in [0.717, 1.165) is 29.1 Å². The zero-order valence-corrected chi connectivity index (χ0v) is 12.9. The number of nitrogens with one attached hydrogen (secondary N) is 1. The van der Waals surface area contributed by atoms with Crippen molar-refractivity contribution in [2.24, 2.45) is 0 Å². The molecule has 1 fully saturated rings. The Morgan fingerprint density at radius 1 is 1.26 bits per heavy atom. The first-order chi connectivity index (χ1) is 11.2. The van der Waals surface area contributed by atoms with Crippen LogP contribution in [-0.4, -0.2) is 29.6 Å². The van der Waals surface area contributed by atoms with Gasteiger partial charge in [-0.3, -0.25) is 9.88 Å². The number of rotatable bonds is 3. The molecule has 3 aromatic rings. The highest BCUT2D eigenvalue weighted by Gasteiger charge is 2.27. The van der Waals surface area contributed by atoms with Crippen LogP contribution in [0.3, 0.4) is 0 Å². The molecule has 1 aliphatic rings. The van der Waals surface area contributed by atoms with E-state index in [9.17, 15) is 4.79 Å². The molecule has 4 rings (SSSR count). The highest BCUT2D eigenvalue weighted by Crippen LogP contribution is 2.28. The molecule has 6 nitrogen and oxygen atoms in total. The second kappa shape index (κ2) is 5.72. The summed E-state index contributed by atoms with van der Waals surface area (Å²) in [6.07, 6.45) is 0. The summed E-state index contributed by atoms with van der Waals surface area (Å²) in [6, 6.07) is 9.79. The number of aryl methyl sites for hydroxylation is 1. The Bertz CT molecular complexity index is 876. The summed E-state index contributed by atoms with van der Waals surface area (Å²) in [6.45, 7) is 4.69. The molecule has 0 spiro atoms. The molecule has 1 saturated heterocycles. The Morgan fingerprint density at radius 3 is 3.00 bits per heavy atom. The number of aromatic nitrogens is 1. The van der Waals surface area contributed by atoms with Gasteiger partial charge in [0.2, 0.25) is 0 Å². The van der Waals surface area contributed by atoms with E-state index in [1.165, 1.54) is 0 Å². The average Bonchev–Trinajstić information content (AvgIpc) is 3.13. The van der Waals surface area contributed by atoms with Crippen LogP contribution in [-0.2, 0) is 11.3 Å². The molecular formula is C17H18N2O4. The standard InChI is InChI=1S/C17H18N2O4/c1-11-5-6-15(22-11)14-10-21-8-7-19(14)9-12-3-2-4-13-16(12)23-17(20)18-13/h2-6,14H,7-10H2,1H3,(H,18,20). The third-order valence-corrected chi connectivity index (χ3v) is 4.23. The predicted octanol–water partition coefficient (Wildman–Crippen LogP) is 2.60. The third-order valence-electron chi connectivity index (χ3n) is 4.23. The van der Waals surface area contributed by atoms with Gasteiger partial charge in [0, 0.05) is 18.7 Å². The summed E-state index contributed by atoms with van der Waals surface area (Å²) >= 11 is 0. The number of H-pyrrole nitrogens is 1. The van der Waals surface area contributed by atoms with E-state index in [1.54, 1.807) is 0 Å². The van der Waals surface area contributed by atoms with Crippen molar-refractivity contribution in [1.82, 2.24) is 9.88 Å². The van der Waals surface area contributed by atoms with Gasteiger partial charge < -0.3 is 13.6 Å². The van der Waals surface area contributed by atoms with Crippen LogP contribution < -0.4 is 5.76 Å². The molecule has 3 heterocycles. The normalized spacial score (nSPS) is 19.4. The maximum Gasteiger partial charge on any atom is 0.417 e. The van der Waals surface area contributed by atoms with Gasteiger partial charge in [0.25, 0.3) is 0 Å². The summed E-state index contributed by atoms with van der Waals surface area (Å²) < 4.78 is 16.7. The fourth-order valence-electron chi connectivity index (χ4n) is 3.10. The zero-order chi connectivity index (χ0) is 15.8. The SMILES string of the molecule is Cc1ccc(C2COCCN2Cc2cccc3[nH]c(=O)oc23)o1. The van der Waals surface area contributed by atoms with Gasteiger partial charge in [0.15, 0.2) is 5.58 Å². The lowest BCUT2D eigenvalue weighted by Gasteiger charge is -2.34. The van der Waals surface area contributed by atoms with Crippen LogP contribution in [0.5, 0.6) is 0 Å². The molecule has 120 valence electrons. The second-order valence-electron chi connectivity index (χ2n) is 5.82. The van der Waals surface area contributed by atoms with E-state index >= 15 is 0 Å². The number of fused-ring (bicyclic) bond motifs is 1. The fourth-order valence-corrected chi connectivity index (χ4v) is 3.10. The first-order valence-electron chi connectivity index (χ1n) is 7.69. The average molecular weight is 314 g/mol. The van der Waals surface area contributed by atoms with Crippen LogP contribution in [0.15, 0.2) is 44.0 Å². The topological polar surface area (TPSA) is 71.6 Å². The number of benzene rings is 1. The lowest BCUT2D eigenvalue weighted by atomic mass is 10.1. The van der Waals surface area contributed by atoms with E-state index in [2.05, 4.69) is 9.88 Å². The van der Waals surface area contributed by atoms with Crippen LogP contribution in [0.1, 0.15) is 23.1 Å². The fraction of sp³-hybridized carbons (Fsp3) is 0.353. The van der Waals surface area contributed by atoms with Gasteiger partial charge in [-0.1, -0.05) is 12.1 Å². The molecule has 23 heavy (non-hydrogen) atoms. The van der Waals surface area contributed by atoms with Crippen molar-refractivity contribution in [1.29, 1.82) is 0 Å². The van der Waals surface area contributed by atoms with Crippen LogP contribution in [0.2, 0.25) is 0 Å². The number of oxazole rings is 1. The Labute approximate surface area is 132 Å². The summed E-state index contributed by atoms with van der Waals surface area (Å²) in [5.74, 6) is 1.38. The molecule has 1 aromatic carbocycles. The largest absolute Gasteiger partial charge is 0.465 e. The second-order valence-corrected chi connectivity index (χ2v) is 5.82. The predicted molar refractivity (Wildman–Crippen MR) is 84.2 cm³/mol. The van der Waals surface area contributed by atoms with Crippen LogP contribution in [0, 0.1) is 6.92 Å². The lowest BCUT2D eigenvalue weighted by molar-refractivity contribution is -0.0204. The molecule has 1 N–H and O–H groups in total. The molecule has 0 saturated carbocycles. The van der Waals surface area contributed by atoms with Gasteiger partial charge in [0.05, 0.1) is 24.8 Å². The van der Waals surface area contributed by atoms with E-state index in [0.29, 0.717) is 25.3 Å². The van der Waals surface area contributed by atoms with Crippen molar-refractivity contribution in [3.05, 3.63) is 58.0 Å². The first-order valence-corrected chi connectivity index (χ1v) is 7.69. The maximum absolute atomic E-state index is 11.5. The molecule has 0 bridgehead atoms. The Hall–Kier alpha value is -2.31. The molecule has 6 heteroatoms. The van der Waals surface area contributed by atoms with E-state index in [4.69, 9.17) is 13.6 Å². The number of hydrogen-bond donors (Lipinski definition) is 1. The minimum atomic E-state index is -0.423. The lowest BCUT2D eigenvalue weighted by Crippen LogP contribution is -2.38. The number of ether oxygens (including phenoxy) is 1. The van der Waals surface area contributed by atoms with E-state index in [-0.39, 0.29) is 6.04 Å². The third kappa shape index (κ3) is 2.71. The molecule has 1 aliphatic heterocycles. The van der Waals surface area contributed by atoms with Crippen LogP contribution in [0.4, 0.5) is 0 Å². The summed E-state index contributed by atoms with van der Waals surface area (Å²) in [5.41, 5.74) is 2.33. The molecule has 0 amide bonds. The monoisotopic (exact) mass is 314 g/mol. The zero-order valence-electron chi connectivity index (χ0n) is 12.9. The number of hydrogen-bond acceptors (Lipinski definition) is 5. The number of furan rings is 1. The maximum atomic E-state index is 11.5. The summed E-state index contributed by atoms with van der Waals surface area (Å²) in [4.78, 5) is 16.4. The number of nitrogens with zero attached hydrogens (tertiary/aromatic N) is 1. The van der Waals surface area contributed by atoms with Crippen molar-refractivity contribution in [2.75, 3.05) is 19.8 Å². The van der Waals surface area contributed by atoms with E-state index in [1.807, 2.05) is 37.3 Å². The smallest absolute Gasteiger partial charge is 0.417 e. The van der Waals surface area contributed by atoms with Gasteiger partial charge in [-0.25, -0.2) is 4.79 Å². The number of aromatic amines is 1. The van der Waals surface area contributed by atoms with Gasteiger partial charge in [-0.15, -0.1) is 0 Å². The minimum Gasteiger partial charge on any atom is -0.465 e. The summed E-state index contributed by atoms with van der Waals surface area (Å²) in [5, 5.41) is 0. The van der Waals surface area contributed by atoms with Crippen molar-refractivity contribution >= 4 is 11.1 Å². The van der Waals surface area contributed by atoms with Gasteiger partial charge in [0.1, 0.15) is 11.5 Å².